The van der Waals surface area contributed by atoms with Crippen LogP contribution in [0.2, 0.25) is 0 Å². The number of rotatable bonds is 7. The molecule has 1 aliphatic rings. The number of amides is 2. The lowest BCUT2D eigenvalue weighted by Gasteiger charge is -2.48. The van der Waals surface area contributed by atoms with Crippen molar-refractivity contribution in [3.05, 3.63) is 76.8 Å². The van der Waals surface area contributed by atoms with Gasteiger partial charge in [0, 0.05) is 43.8 Å². The molecule has 0 bridgehead atoms. The van der Waals surface area contributed by atoms with Crippen LogP contribution >= 0.6 is 11.3 Å². The maximum atomic E-state index is 13.1. The Morgan fingerprint density at radius 2 is 1.97 bits per heavy atom. The van der Waals surface area contributed by atoms with Crippen LogP contribution in [0, 0.1) is 5.41 Å². The van der Waals surface area contributed by atoms with Crippen molar-refractivity contribution in [3.8, 4) is 0 Å². The van der Waals surface area contributed by atoms with E-state index in [-0.39, 0.29) is 11.8 Å². The summed E-state index contributed by atoms with van der Waals surface area (Å²) in [6.45, 7) is 1.25. The summed E-state index contributed by atoms with van der Waals surface area (Å²) in [5.41, 5.74) is 3.50. The average Bonchev–Trinajstić information content (AvgIpc) is 3.25. The molecule has 2 aromatic heterocycles. The SMILES string of the molecule is O=C(c1cnccn1)N1CC(Cc2ccccc2)(C(=O)NCCc2cscn2)C1. The van der Waals surface area contributed by atoms with Gasteiger partial charge in [0.2, 0.25) is 5.91 Å². The van der Waals surface area contributed by atoms with Crippen LogP contribution in [0.4, 0.5) is 0 Å². The number of benzene rings is 1. The summed E-state index contributed by atoms with van der Waals surface area (Å²) in [6, 6.07) is 9.90. The van der Waals surface area contributed by atoms with Gasteiger partial charge in [0.25, 0.3) is 5.91 Å². The molecule has 8 heteroatoms. The molecule has 0 spiro atoms. The zero-order valence-electron chi connectivity index (χ0n) is 15.8. The van der Waals surface area contributed by atoms with Crippen molar-refractivity contribution in [1.82, 2.24) is 25.2 Å². The van der Waals surface area contributed by atoms with E-state index >= 15 is 0 Å². The Balaban J connectivity index is 1.44. The summed E-state index contributed by atoms with van der Waals surface area (Å²) in [7, 11) is 0. The van der Waals surface area contributed by atoms with Crippen molar-refractivity contribution in [3.63, 3.8) is 0 Å². The molecular weight excluding hydrogens is 386 g/mol. The first kappa shape index (κ1) is 19.2. The van der Waals surface area contributed by atoms with Crippen LogP contribution in [-0.2, 0) is 17.6 Å². The Morgan fingerprint density at radius 1 is 1.14 bits per heavy atom. The molecular formula is C21H21N5O2S. The lowest BCUT2D eigenvalue weighted by atomic mass is 9.73. The van der Waals surface area contributed by atoms with Gasteiger partial charge >= 0.3 is 0 Å². The van der Waals surface area contributed by atoms with Gasteiger partial charge in [-0.2, -0.15) is 0 Å². The molecule has 0 aliphatic carbocycles. The standard InChI is InChI=1S/C21H21N5O2S/c27-19(18-11-22-8-9-23-18)26-13-21(14-26,10-16-4-2-1-3-5-16)20(28)24-7-6-17-12-29-15-25-17/h1-5,8-9,11-12,15H,6-7,10,13-14H2,(H,24,28). The molecule has 1 saturated heterocycles. The maximum Gasteiger partial charge on any atom is 0.274 e. The van der Waals surface area contributed by atoms with Gasteiger partial charge in [-0.1, -0.05) is 30.3 Å². The minimum absolute atomic E-state index is 0.0280. The fourth-order valence-electron chi connectivity index (χ4n) is 3.57. The number of thiazole rings is 1. The van der Waals surface area contributed by atoms with Crippen molar-refractivity contribution < 1.29 is 9.59 Å². The number of carbonyl (C=O) groups excluding carboxylic acids is 2. The van der Waals surface area contributed by atoms with Crippen LogP contribution in [0.5, 0.6) is 0 Å². The second-order valence-corrected chi connectivity index (χ2v) is 7.90. The van der Waals surface area contributed by atoms with E-state index < -0.39 is 5.41 Å². The summed E-state index contributed by atoms with van der Waals surface area (Å²) >= 11 is 1.54. The predicted octanol–water partition coefficient (Wildman–Crippen LogP) is 1.98. The molecule has 148 valence electrons. The Morgan fingerprint density at radius 3 is 2.66 bits per heavy atom. The van der Waals surface area contributed by atoms with Crippen LogP contribution < -0.4 is 5.32 Å². The van der Waals surface area contributed by atoms with E-state index in [4.69, 9.17) is 0 Å². The lowest BCUT2D eigenvalue weighted by molar-refractivity contribution is -0.139. The summed E-state index contributed by atoms with van der Waals surface area (Å²) in [5, 5.41) is 5.03. The van der Waals surface area contributed by atoms with Crippen molar-refractivity contribution >= 4 is 23.2 Å². The van der Waals surface area contributed by atoms with Crippen molar-refractivity contribution in [1.29, 1.82) is 0 Å². The molecule has 1 fully saturated rings. The molecule has 29 heavy (non-hydrogen) atoms. The highest BCUT2D eigenvalue weighted by molar-refractivity contribution is 7.07. The van der Waals surface area contributed by atoms with Gasteiger partial charge in [0.1, 0.15) is 5.69 Å². The summed E-state index contributed by atoms with van der Waals surface area (Å²) in [5.74, 6) is -0.225. The number of hydrogen-bond acceptors (Lipinski definition) is 6. The first-order valence-corrected chi connectivity index (χ1v) is 10.4. The van der Waals surface area contributed by atoms with Crippen LogP contribution in [0.1, 0.15) is 21.7 Å². The van der Waals surface area contributed by atoms with Gasteiger partial charge in [-0.25, -0.2) is 9.97 Å². The summed E-state index contributed by atoms with van der Waals surface area (Å²) in [6.07, 6.45) is 5.75. The summed E-state index contributed by atoms with van der Waals surface area (Å²) in [4.78, 5) is 39.7. The third-order valence-corrected chi connectivity index (χ3v) is 5.71. The van der Waals surface area contributed by atoms with E-state index in [0.29, 0.717) is 38.2 Å². The van der Waals surface area contributed by atoms with Gasteiger partial charge in [0.05, 0.1) is 22.8 Å². The van der Waals surface area contributed by atoms with Crippen LogP contribution in [0.15, 0.2) is 59.8 Å². The number of aromatic nitrogens is 3. The van der Waals surface area contributed by atoms with E-state index in [9.17, 15) is 9.59 Å². The zero-order valence-corrected chi connectivity index (χ0v) is 16.6. The molecule has 0 radical (unpaired) electrons. The fraction of sp³-hybridized carbons (Fsp3) is 0.286. The second-order valence-electron chi connectivity index (χ2n) is 7.18. The average molecular weight is 407 g/mol. The minimum atomic E-state index is -0.638. The second kappa shape index (κ2) is 8.48. The molecule has 0 saturated carbocycles. The Hall–Kier alpha value is -3.13. The molecule has 3 heterocycles. The van der Waals surface area contributed by atoms with E-state index in [1.165, 1.54) is 18.6 Å². The molecule has 1 aromatic carbocycles. The first-order valence-electron chi connectivity index (χ1n) is 9.41. The van der Waals surface area contributed by atoms with Gasteiger partial charge in [-0.15, -0.1) is 11.3 Å². The van der Waals surface area contributed by atoms with Crippen LogP contribution in [0.25, 0.3) is 0 Å². The zero-order chi connectivity index (χ0) is 20.1. The first-order chi connectivity index (χ1) is 14.2. The topological polar surface area (TPSA) is 88.1 Å². The van der Waals surface area contributed by atoms with Gasteiger partial charge < -0.3 is 10.2 Å². The maximum absolute atomic E-state index is 13.1. The Bertz CT molecular complexity index is 957. The highest BCUT2D eigenvalue weighted by Crippen LogP contribution is 2.35. The highest BCUT2D eigenvalue weighted by Gasteiger charge is 2.51. The molecule has 2 amide bonds. The Kier molecular flexibility index (Phi) is 5.62. The van der Waals surface area contributed by atoms with Crippen molar-refractivity contribution in [2.75, 3.05) is 19.6 Å². The van der Waals surface area contributed by atoms with Gasteiger partial charge in [-0.05, 0) is 12.0 Å². The monoisotopic (exact) mass is 407 g/mol. The van der Waals surface area contributed by atoms with E-state index in [0.717, 1.165) is 11.3 Å². The molecule has 1 aliphatic heterocycles. The molecule has 7 nitrogen and oxygen atoms in total. The molecule has 0 atom stereocenters. The molecule has 4 rings (SSSR count). The number of nitrogens with zero attached hydrogens (tertiary/aromatic N) is 4. The lowest BCUT2D eigenvalue weighted by Crippen LogP contribution is -2.65. The molecule has 3 aromatic rings. The van der Waals surface area contributed by atoms with E-state index in [1.54, 1.807) is 21.7 Å². The Labute approximate surface area is 172 Å². The van der Waals surface area contributed by atoms with E-state index in [2.05, 4.69) is 20.3 Å². The fourth-order valence-corrected chi connectivity index (χ4v) is 4.17. The highest BCUT2D eigenvalue weighted by atomic mass is 32.1. The largest absolute Gasteiger partial charge is 0.355 e. The third kappa shape index (κ3) is 4.32. The number of carbonyl (C=O) groups is 2. The van der Waals surface area contributed by atoms with Crippen LogP contribution in [-0.4, -0.2) is 51.3 Å². The quantitative estimate of drug-likeness (QED) is 0.647. The summed E-state index contributed by atoms with van der Waals surface area (Å²) < 4.78 is 0. The predicted molar refractivity (Wildman–Crippen MR) is 109 cm³/mol. The smallest absolute Gasteiger partial charge is 0.274 e. The van der Waals surface area contributed by atoms with E-state index in [1.807, 2.05) is 35.7 Å². The molecule has 1 N–H and O–H groups in total. The van der Waals surface area contributed by atoms with Crippen LogP contribution in [0.3, 0.4) is 0 Å². The number of likely N-dealkylation sites (tertiary alicyclic amines) is 1. The number of hydrogen-bond donors (Lipinski definition) is 1. The van der Waals surface area contributed by atoms with Gasteiger partial charge in [-0.3, -0.25) is 14.6 Å². The minimum Gasteiger partial charge on any atom is -0.355 e. The van der Waals surface area contributed by atoms with Crippen molar-refractivity contribution in [2.24, 2.45) is 5.41 Å². The normalized spacial score (nSPS) is 14.8. The van der Waals surface area contributed by atoms with Gasteiger partial charge in [0.15, 0.2) is 0 Å². The molecule has 0 unspecified atom stereocenters. The third-order valence-electron chi connectivity index (χ3n) is 5.07. The number of nitrogens with one attached hydrogen (secondary N) is 1. The van der Waals surface area contributed by atoms with Crippen molar-refractivity contribution in [2.45, 2.75) is 12.8 Å².